The van der Waals surface area contributed by atoms with Crippen molar-refractivity contribution in [3.05, 3.63) is 31.1 Å². The number of aromatic nitrogens is 4. The second-order valence-electron chi connectivity index (χ2n) is 7.61. The third-order valence-electron chi connectivity index (χ3n) is 5.42. The molecule has 2 aromatic heterocycles. The lowest BCUT2D eigenvalue weighted by Gasteiger charge is -2.29. The van der Waals surface area contributed by atoms with Gasteiger partial charge in [-0.25, -0.2) is 15.0 Å². The summed E-state index contributed by atoms with van der Waals surface area (Å²) < 4.78 is 13.5. The minimum atomic E-state index is 0.0832. The van der Waals surface area contributed by atoms with Crippen molar-refractivity contribution in [1.29, 1.82) is 0 Å². The summed E-state index contributed by atoms with van der Waals surface area (Å²) in [6.45, 7) is 5.43. The SMILES string of the molecule is CC1CCC(N2C=CCCC2)O1.CC1CCC(n2cnc3cncnc32)O1. The third kappa shape index (κ3) is 4.30. The fourth-order valence-electron chi connectivity index (χ4n) is 3.92. The highest BCUT2D eigenvalue weighted by Crippen LogP contribution is 2.29. The first-order chi connectivity index (χ1) is 13.2. The van der Waals surface area contributed by atoms with E-state index in [0.717, 1.165) is 24.0 Å². The van der Waals surface area contributed by atoms with Crippen LogP contribution in [0.4, 0.5) is 0 Å². The molecule has 4 atom stereocenters. The number of allylic oxidation sites excluding steroid dienone is 1. The average Bonchev–Trinajstić information content (AvgIpc) is 3.42. The normalized spacial score (nSPS) is 30.5. The molecule has 146 valence electrons. The third-order valence-corrected chi connectivity index (χ3v) is 5.42. The van der Waals surface area contributed by atoms with Crippen molar-refractivity contribution in [3.8, 4) is 0 Å². The van der Waals surface area contributed by atoms with Crippen LogP contribution >= 0.6 is 0 Å². The lowest BCUT2D eigenvalue weighted by atomic mass is 10.2. The van der Waals surface area contributed by atoms with Crippen molar-refractivity contribution in [2.75, 3.05) is 6.54 Å². The predicted molar refractivity (Wildman–Crippen MR) is 103 cm³/mol. The largest absolute Gasteiger partial charge is 0.355 e. The van der Waals surface area contributed by atoms with E-state index in [1.165, 1.54) is 32.2 Å². The fraction of sp³-hybridized carbons (Fsp3) is 0.650. The van der Waals surface area contributed by atoms with Crippen molar-refractivity contribution < 1.29 is 9.47 Å². The smallest absolute Gasteiger partial charge is 0.165 e. The Hall–Kier alpha value is -1.99. The van der Waals surface area contributed by atoms with Gasteiger partial charge in [0.05, 0.1) is 24.7 Å². The first-order valence-electron chi connectivity index (χ1n) is 10.1. The summed E-state index contributed by atoms with van der Waals surface area (Å²) in [7, 11) is 0. The summed E-state index contributed by atoms with van der Waals surface area (Å²) >= 11 is 0. The Balaban J connectivity index is 0.000000137. The highest BCUT2D eigenvalue weighted by molar-refractivity contribution is 5.68. The van der Waals surface area contributed by atoms with Crippen molar-refractivity contribution in [3.63, 3.8) is 0 Å². The molecule has 0 N–H and O–H groups in total. The van der Waals surface area contributed by atoms with Crippen molar-refractivity contribution in [2.24, 2.45) is 0 Å². The number of rotatable bonds is 2. The van der Waals surface area contributed by atoms with E-state index < -0.39 is 0 Å². The molecule has 0 aliphatic carbocycles. The van der Waals surface area contributed by atoms with E-state index in [1.54, 1.807) is 18.9 Å². The van der Waals surface area contributed by atoms with Gasteiger partial charge in [-0.3, -0.25) is 4.57 Å². The summed E-state index contributed by atoms with van der Waals surface area (Å²) in [5.41, 5.74) is 1.67. The maximum absolute atomic E-state index is 5.78. The van der Waals surface area contributed by atoms with Crippen LogP contribution in [-0.2, 0) is 9.47 Å². The molecule has 0 aromatic carbocycles. The first-order valence-corrected chi connectivity index (χ1v) is 10.1. The number of hydrogen-bond donors (Lipinski definition) is 0. The van der Waals surface area contributed by atoms with Crippen LogP contribution in [0.15, 0.2) is 31.1 Å². The van der Waals surface area contributed by atoms with Gasteiger partial charge in [0.1, 0.15) is 24.3 Å². The van der Waals surface area contributed by atoms with Crippen LogP contribution in [0.3, 0.4) is 0 Å². The molecule has 27 heavy (non-hydrogen) atoms. The second-order valence-corrected chi connectivity index (χ2v) is 7.61. The molecule has 0 amide bonds. The van der Waals surface area contributed by atoms with Crippen LogP contribution in [0.25, 0.3) is 11.2 Å². The maximum atomic E-state index is 5.78. The monoisotopic (exact) mass is 371 g/mol. The summed E-state index contributed by atoms with van der Waals surface area (Å²) in [5.74, 6) is 0. The number of imidazole rings is 1. The zero-order valence-corrected chi connectivity index (χ0v) is 16.2. The van der Waals surface area contributed by atoms with Gasteiger partial charge in [-0.15, -0.1) is 0 Å². The number of hydrogen-bond acceptors (Lipinski definition) is 6. The van der Waals surface area contributed by atoms with Gasteiger partial charge in [0.25, 0.3) is 0 Å². The van der Waals surface area contributed by atoms with E-state index in [2.05, 4.69) is 46.0 Å². The molecule has 2 saturated heterocycles. The van der Waals surface area contributed by atoms with E-state index in [9.17, 15) is 0 Å². The highest BCUT2D eigenvalue weighted by Gasteiger charge is 2.26. The van der Waals surface area contributed by atoms with Crippen molar-refractivity contribution in [1.82, 2.24) is 24.4 Å². The van der Waals surface area contributed by atoms with Crippen LogP contribution in [0, 0.1) is 0 Å². The molecule has 2 aromatic rings. The predicted octanol–water partition coefficient (Wildman–Crippen LogP) is 3.64. The molecule has 3 aliphatic heterocycles. The number of ether oxygens (including phenoxy) is 2. The summed E-state index contributed by atoms with van der Waals surface area (Å²) in [6, 6.07) is 0. The molecule has 5 heterocycles. The Kier molecular flexibility index (Phi) is 5.69. The first kappa shape index (κ1) is 18.4. The molecular weight excluding hydrogens is 342 g/mol. The molecule has 2 fully saturated rings. The topological polar surface area (TPSA) is 65.3 Å². The Morgan fingerprint density at radius 3 is 2.44 bits per heavy atom. The van der Waals surface area contributed by atoms with Crippen LogP contribution in [0.1, 0.15) is 58.6 Å². The van der Waals surface area contributed by atoms with Gasteiger partial charge in [-0.05, 0) is 58.6 Å². The van der Waals surface area contributed by atoms with Gasteiger partial charge < -0.3 is 14.4 Å². The van der Waals surface area contributed by atoms with Crippen molar-refractivity contribution >= 4 is 11.2 Å². The summed E-state index contributed by atoms with van der Waals surface area (Å²) in [4.78, 5) is 14.7. The second kappa shape index (κ2) is 8.35. The van der Waals surface area contributed by atoms with E-state index in [0.29, 0.717) is 18.4 Å². The zero-order chi connectivity index (χ0) is 18.6. The van der Waals surface area contributed by atoms with Crippen LogP contribution < -0.4 is 0 Å². The lowest BCUT2D eigenvalue weighted by molar-refractivity contribution is -0.0282. The minimum Gasteiger partial charge on any atom is -0.355 e. The Labute approximate surface area is 160 Å². The fourth-order valence-corrected chi connectivity index (χ4v) is 3.92. The Morgan fingerprint density at radius 1 is 1.00 bits per heavy atom. The quantitative estimate of drug-likeness (QED) is 0.803. The van der Waals surface area contributed by atoms with E-state index in [-0.39, 0.29) is 6.23 Å². The van der Waals surface area contributed by atoms with E-state index in [1.807, 2.05) is 4.57 Å². The van der Waals surface area contributed by atoms with Gasteiger partial charge in [-0.2, -0.15) is 0 Å². The molecule has 7 nitrogen and oxygen atoms in total. The minimum absolute atomic E-state index is 0.0832. The standard InChI is InChI=1S/C10H12N4O.C10H17NO/c1-7-2-3-9(15-7)14-6-13-8-4-11-5-12-10(8)14;1-9-5-6-10(12-9)11-7-3-2-4-8-11/h4-7,9H,2-3H2,1H3;3,7,9-10H,2,4-6,8H2,1H3. The summed E-state index contributed by atoms with van der Waals surface area (Å²) in [6.07, 6.45) is 17.8. The molecule has 0 spiro atoms. The number of fused-ring (bicyclic) bond motifs is 1. The zero-order valence-electron chi connectivity index (χ0n) is 16.2. The van der Waals surface area contributed by atoms with Gasteiger partial charge in [0.2, 0.25) is 0 Å². The highest BCUT2D eigenvalue weighted by atomic mass is 16.5. The molecule has 0 saturated carbocycles. The van der Waals surface area contributed by atoms with E-state index in [4.69, 9.17) is 9.47 Å². The van der Waals surface area contributed by atoms with Gasteiger partial charge in [0, 0.05) is 6.54 Å². The molecule has 3 aliphatic rings. The number of nitrogens with zero attached hydrogens (tertiary/aromatic N) is 5. The Bertz CT molecular complexity index is 777. The Morgan fingerprint density at radius 2 is 1.78 bits per heavy atom. The molecule has 5 rings (SSSR count). The molecule has 7 heteroatoms. The lowest BCUT2D eigenvalue weighted by Crippen LogP contribution is -2.32. The van der Waals surface area contributed by atoms with E-state index >= 15 is 0 Å². The van der Waals surface area contributed by atoms with Crippen molar-refractivity contribution in [2.45, 2.75) is 77.0 Å². The molecule has 0 bridgehead atoms. The molecule has 4 unspecified atom stereocenters. The van der Waals surface area contributed by atoms with Crippen LogP contribution in [0.2, 0.25) is 0 Å². The average molecular weight is 371 g/mol. The van der Waals surface area contributed by atoms with Crippen LogP contribution in [-0.4, -0.2) is 49.4 Å². The van der Waals surface area contributed by atoms with Crippen LogP contribution in [0.5, 0.6) is 0 Å². The van der Waals surface area contributed by atoms with Gasteiger partial charge in [-0.1, -0.05) is 6.08 Å². The van der Waals surface area contributed by atoms with Gasteiger partial charge >= 0.3 is 0 Å². The molecular formula is C20H29N5O2. The maximum Gasteiger partial charge on any atom is 0.165 e. The molecule has 0 radical (unpaired) electrons. The summed E-state index contributed by atoms with van der Waals surface area (Å²) in [5, 5.41) is 0. The van der Waals surface area contributed by atoms with Gasteiger partial charge in [0.15, 0.2) is 5.65 Å².